The minimum absolute atomic E-state index is 0.0401. The smallest absolute Gasteiger partial charge is 0.409 e. The van der Waals surface area contributed by atoms with Crippen molar-refractivity contribution in [3.63, 3.8) is 0 Å². The molecule has 5 heteroatoms. The average Bonchev–Trinajstić information content (AvgIpc) is 2.34. The highest BCUT2D eigenvalue weighted by Crippen LogP contribution is 1.99. The molecular formula is C11H16N2O3. The molecule has 0 aliphatic carbocycles. The average molecular weight is 224 g/mol. The Bertz CT molecular complexity index is 316. The van der Waals surface area contributed by atoms with Gasteiger partial charge in [-0.25, -0.2) is 4.79 Å². The molecule has 0 atom stereocenters. The zero-order valence-corrected chi connectivity index (χ0v) is 9.30. The Kier molecular flexibility index (Phi) is 5.28. The summed E-state index contributed by atoms with van der Waals surface area (Å²) >= 11 is 0. The molecule has 1 N–H and O–H groups in total. The summed E-state index contributed by atoms with van der Waals surface area (Å²) in [6, 6.07) is 3.82. The Morgan fingerprint density at radius 3 is 2.81 bits per heavy atom. The van der Waals surface area contributed by atoms with Gasteiger partial charge in [0.15, 0.2) is 0 Å². The first-order chi connectivity index (χ1) is 7.74. The Labute approximate surface area is 94.7 Å². The summed E-state index contributed by atoms with van der Waals surface area (Å²) in [7, 11) is 1.67. The van der Waals surface area contributed by atoms with Crippen LogP contribution in [0.2, 0.25) is 0 Å². The van der Waals surface area contributed by atoms with Gasteiger partial charge in [0.2, 0.25) is 0 Å². The molecule has 88 valence electrons. The Morgan fingerprint density at radius 2 is 2.19 bits per heavy atom. The Hall–Kier alpha value is -1.62. The lowest BCUT2D eigenvalue weighted by Gasteiger charge is -2.16. The third kappa shape index (κ3) is 4.27. The van der Waals surface area contributed by atoms with E-state index < -0.39 is 6.09 Å². The van der Waals surface area contributed by atoms with Gasteiger partial charge in [-0.05, 0) is 24.1 Å². The maximum absolute atomic E-state index is 11.3. The SMILES string of the molecule is CN(CCc1ccncc1)C(=O)OCCO. The lowest BCUT2D eigenvalue weighted by molar-refractivity contribution is 0.0913. The number of pyridine rings is 1. The predicted octanol–water partition coefficient (Wildman–Crippen LogP) is 0.685. The molecule has 0 fully saturated rings. The first-order valence-electron chi connectivity index (χ1n) is 5.11. The summed E-state index contributed by atoms with van der Waals surface area (Å²) in [5.41, 5.74) is 1.12. The van der Waals surface area contributed by atoms with Gasteiger partial charge in [0.25, 0.3) is 0 Å². The molecule has 1 amide bonds. The highest BCUT2D eigenvalue weighted by Gasteiger charge is 2.08. The highest BCUT2D eigenvalue weighted by molar-refractivity contribution is 5.67. The van der Waals surface area contributed by atoms with Crippen molar-refractivity contribution in [2.24, 2.45) is 0 Å². The number of carbonyl (C=O) groups excluding carboxylic acids is 1. The minimum atomic E-state index is -0.414. The van der Waals surface area contributed by atoms with Crippen molar-refractivity contribution in [2.75, 3.05) is 26.8 Å². The van der Waals surface area contributed by atoms with Crippen LogP contribution < -0.4 is 0 Å². The van der Waals surface area contributed by atoms with Crippen LogP contribution >= 0.6 is 0 Å². The molecule has 0 aromatic carbocycles. The predicted molar refractivity (Wildman–Crippen MR) is 59.0 cm³/mol. The van der Waals surface area contributed by atoms with E-state index in [2.05, 4.69) is 4.98 Å². The van der Waals surface area contributed by atoms with Crippen molar-refractivity contribution in [1.29, 1.82) is 0 Å². The van der Waals surface area contributed by atoms with Crippen LogP contribution in [0.15, 0.2) is 24.5 Å². The molecule has 1 aromatic heterocycles. The molecule has 0 spiro atoms. The second-order valence-electron chi connectivity index (χ2n) is 3.36. The normalized spacial score (nSPS) is 9.88. The molecule has 0 unspecified atom stereocenters. The van der Waals surface area contributed by atoms with Gasteiger partial charge in [0, 0.05) is 26.0 Å². The van der Waals surface area contributed by atoms with Crippen LogP contribution in [0.4, 0.5) is 4.79 Å². The number of hydrogen-bond acceptors (Lipinski definition) is 4. The van der Waals surface area contributed by atoms with E-state index in [0.29, 0.717) is 6.54 Å². The quantitative estimate of drug-likeness (QED) is 0.799. The van der Waals surface area contributed by atoms with Gasteiger partial charge < -0.3 is 14.7 Å². The van der Waals surface area contributed by atoms with Crippen LogP contribution in [0.25, 0.3) is 0 Å². The molecule has 1 aromatic rings. The third-order valence-corrected chi connectivity index (χ3v) is 2.11. The van der Waals surface area contributed by atoms with Crippen molar-refractivity contribution in [3.8, 4) is 0 Å². The van der Waals surface area contributed by atoms with Crippen LogP contribution in [0, 0.1) is 0 Å². The molecule has 1 rings (SSSR count). The van der Waals surface area contributed by atoms with Crippen LogP contribution in [-0.2, 0) is 11.2 Å². The van der Waals surface area contributed by atoms with E-state index in [4.69, 9.17) is 9.84 Å². The first kappa shape index (κ1) is 12.4. The van der Waals surface area contributed by atoms with Gasteiger partial charge in [-0.15, -0.1) is 0 Å². The van der Waals surface area contributed by atoms with Crippen LogP contribution in [-0.4, -0.2) is 47.9 Å². The van der Waals surface area contributed by atoms with Crippen molar-refractivity contribution in [1.82, 2.24) is 9.88 Å². The number of amides is 1. The zero-order valence-electron chi connectivity index (χ0n) is 9.30. The molecule has 0 saturated heterocycles. The third-order valence-electron chi connectivity index (χ3n) is 2.11. The fourth-order valence-corrected chi connectivity index (χ4v) is 1.18. The highest BCUT2D eigenvalue weighted by atomic mass is 16.6. The second kappa shape index (κ2) is 6.79. The molecule has 0 saturated carbocycles. The number of aliphatic hydroxyl groups excluding tert-OH is 1. The summed E-state index contributed by atoms with van der Waals surface area (Å²) in [6.07, 6.45) is 3.79. The minimum Gasteiger partial charge on any atom is -0.447 e. The van der Waals surface area contributed by atoms with E-state index in [1.165, 1.54) is 4.90 Å². The van der Waals surface area contributed by atoms with Gasteiger partial charge >= 0.3 is 6.09 Å². The van der Waals surface area contributed by atoms with Crippen molar-refractivity contribution >= 4 is 6.09 Å². The number of carbonyl (C=O) groups is 1. The van der Waals surface area contributed by atoms with E-state index in [-0.39, 0.29) is 13.2 Å². The van der Waals surface area contributed by atoms with Gasteiger partial charge in [-0.2, -0.15) is 0 Å². The van der Waals surface area contributed by atoms with Gasteiger partial charge in [0.05, 0.1) is 6.61 Å². The number of rotatable bonds is 5. The molecular weight excluding hydrogens is 208 g/mol. The number of aromatic nitrogens is 1. The van der Waals surface area contributed by atoms with Crippen molar-refractivity contribution < 1.29 is 14.6 Å². The molecule has 0 aliphatic rings. The van der Waals surface area contributed by atoms with Crippen LogP contribution in [0.5, 0.6) is 0 Å². The largest absolute Gasteiger partial charge is 0.447 e. The van der Waals surface area contributed by atoms with Gasteiger partial charge in [-0.1, -0.05) is 0 Å². The molecule has 16 heavy (non-hydrogen) atoms. The first-order valence-corrected chi connectivity index (χ1v) is 5.11. The van der Waals surface area contributed by atoms with E-state index in [0.717, 1.165) is 12.0 Å². The lowest BCUT2D eigenvalue weighted by Crippen LogP contribution is -2.30. The van der Waals surface area contributed by atoms with Crippen molar-refractivity contribution in [2.45, 2.75) is 6.42 Å². The van der Waals surface area contributed by atoms with E-state index >= 15 is 0 Å². The fourth-order valence-electron chi connectivity index (χ4n) is 1.18. The Balaban J connectivity index is 2.29. The number of likely N-dealkylation sites (N-methyl/N-ethyl adjacent to an activating group) is 1. The lowest BCUT2D eigenvalue weighted by atomic mass is 10.2. The standard InChI is InChI=1S/C11H16N2O3/c1-13(11(15)16-9-8-14)7-4-10-2-5-12-6-3-10/h2-3,5-6,14H,4,7-9H2,1H3. The maximum atomic E-state index is 11.3. The van der Waals surface area contributed by atoms with E-state index in [1.807, 2.05) is 12.1 Å². The van der Waals surface area contributed by atoms with Gasteiger partial charge in [-0.3, -0.25) is 4.98 Å². The molecule has 1 heterocycles. The summed E-state index contributed by atoms with van der Waals surface area (Å²) in [5, 5.41) is 8.50. The second-order valence-corrected chi connectivity index (χ2v) is 3.36. The van der Waals surface area contributed by atoms with E-state index in [9.17, 15) is 4.79 Å². The fraction of sp³-hybridized carbons (Fsp3) is 0.455. The van der Waals surface area contributed by atoms with Crippen LogP contribution in [0.1, 0.15) is 5.56 Å². The number of nitrogens with zero attached hydrogens (tertiary/aromatic N) is 2. The van der Waals surface area contributed by atoms with Gasteiger partial charge in [0.1, 0.15) is 6.61 Å². The summed E-state index contributed by atoms with van der Waals surface area (Å²) in [5.74, 6) is 0. The molecule has 0 radical (unpaired) electrons. The van der Waals surface area contributed by atoms with Crippen molar-refractivity contribution in [3.05, 3.63) is 30.1 Å². The number of hydrogen-bond donors (Lipinski definition) is 1. The Morgan fingerprint density at radius 1 is 1.50 bits per heavy atom. The summed E-state index contributed by atoms with van der Waals surface area (Å²) < 4.78 is 4.77. The number of aliphatic hydroxyl groups is 1. The summed E-state index contributed by atoms with van der Waals surface area (Å²) in [4.78, 5) is 16.7. The molecule has 0 bridgehead atoms. The maximum Gasteiger partial charge on any atom is 0.409 e. The van der Waals surface area contributed by atoms with Crippen LogP contribution in [0.3, 0.4) is 0 Å². The van der Waals surface area contributed by atoms with E-state index in [1.54, 1.807) is 19.4 Å². The summed E-state index contributed by atoms with van der Waals surface area (Å²) in [6.45, 7) is 0.469. The topological polar surface area (TPSA) is 62.7 Å². The molecule has 0 aliphatic heterocycles. The number of ether oxygens (including phenoxy) is 1. The molecule has 5 nitrogen and oxygen atoms in total. The monoisotopic (exact) mass is 224 g/mol. The zero-order chi connectivity index (χ0) is 11.8.